The van der Waals surface area contributed by atoms with Gasteiger partial charge in [-0.3, -0.25) is 9.59 Å². The van der Waals surface area contributed by atoms with E-state index in [1.54, 1.807) is 11.0 Å². The molecule has 0 radical (unpaired) electrons. The predicted octanol–water partition coefficient (Wildman–Crippen LogP) is 2.75. The number of hydrogen-bond donors (Lipinski definition) is 1. The predicted molar refractivity (Wildman–Crippen MR) is 94.6 cm³/mol. The summed E-state index contributed by atoms with van der Waals surface area (Å²) < 4.78 is 4.94. The van der Waals surface area contributed by atoms with E-state index in [0.717, 1.165) is 31.5 Å². The molecule has 2 aromatic rings. The number of nitrogens with zero attached hydrogens (tertiary/aromatic N) is 1. The number of nitrogens with one attached hydrogen (secondary N) is 1. The number of rotatable bonds is 6. The Balaban J connectivity index is 1.51. The molecule has 0 atom stereocenters. The molecule has 1 amide bonds. The molecule has 0 unspecified atom stereocenters. The number of carbonyl (C=O) groups is 3. The highest BCUT2D eigenvalue weighted by atomic mass is 32.1. The van der Waals surface area contributed by atoms with Crippen LogP contribution in [0.15, 0.2) is 35.2 Å². The van der Waals surface area contributed by atoms with Crippen molar-refractivity contribution < 1.29 is 19.1 Å². The van der Waals surface area contributed by atoms with E-state index in [2.05, 4.69) is 4.98 Å². The van der Waals surface area contributed by atoms with Gasteiger partial charge in [-0.1, -0.05) is 0 Å². The van der Waals surface area contributed by atoms with Gasteiger partial charge in [0.05, 0.1) is 0 Å². The van der Waals surface area contributed by atoms with Crippen molar-refractivity contribution in [1.29, 1.82) is 0 Å². The first-order chi connectivity index (χ1) is 12.1. The largest absolute Gasteiger partial charge is 0.454 e. The Kier molecular flexibility index (Phi) is 5.45. The van der Waals surface area contributed by atoms with Crippen molar-refractivity contribution >= 4 is 35.1 Å². The third-order valence-electron chi connectivity index (χ3n) is 3.93. The standard InChI is InChI=1S/C18H18N2O4S/c21-16(11-24-17(22)4-3-13-5-8-25-12-13)14-9-15(19-10-14)18(23)20-6-1-2-7-20/h3-5,8-10,12,19H,1-2,6-7,11H2/b4-3+. The number of hydrogen-bond acceptors (Lipinski definition) is 5. The maximum atomic E-state index is 12.2. The quantitative estimate of drug-likeness (QED) is 0.489. The zero-order valence-electron chi connectivity index (χ0n) is 13.6. The van der Waals surface area contributed by atoms with E-state index in [0.29, 0.717) is 11.3 Å². The molecular weight excluding hydrogens is 340 g/mol. The third kappa shape index (κ3) is 4.45. The summed E-state index contributed by atoms with van der Waals surface area (Å²) in [6.07, 6.45) is 6.40. The number of esters is 1. The Labute approximate surface area is 149 Å². The van der Waals surface area contributed by atoms with E-state index in [1.807, 2.05) is 16.8 Å². The van der Waals surface area contributed by atoms with Crippen molar-refractivity contribution in [3.8, 4) is 0 Å². The third-order valence-corrected chi connectivity index (χ3v) is 4.63. The Morgan fingerprint density at radius 1 is 1.28 bits per heavy atom. The summed E-state index contributed by atoms with van der Waals surface area (Å²) in [4.78, 5) is 40.6. The van der Waals surface area contributed by atoms with Gasteiger partial charge in [-0.15, -0.1) is 0 Å². The Morgan fingerprint density at radius 3 is 2.80 bits per heavy atom. The molecule has 25 heavy (non-hydrogen) atoms. The number of aromatic nitrogens is 1. The van der Waals surface area contributed by atoms with Crippen LogP contribution in [0.4, 0.5) is 0 Å². The number of carbonyl (C=O) groups excluding carboxylic acids is 3. The summed E-state index contributed by atoms with van der Waals surface area (Å²) >= 11 is 1.53. The number of H-pyrrole nitrogens is 1. The lowest BCUT2D eigenvalue weighted by Gasteiger charge is -2.13. The first kappa shape index (κ1) is 17.2. The van der Waals surface area contributed by atoms with Gasteiger partial charge < -0.3 is 14.6 Å². The Hall–Kier alpha value is -2.67. The van der Waals surface area contributed by atoms with Gasteiger partial charge in [0.1, 0.15) is 5.69 Å². The molecule has 0 aliphatic carbocycles. The van der Waals surface area contributed by atoms with E-state index < -0.39 is 5.97 Å². The van der Waals surface area contributed by atoms with E-state index in [-0.39, 0.29) is 18.3 Å². The minimum Gasteiger partial charge on any atom is -0.454 e. The smallest absolute Gasteiger partial charge is 0.331 e. The lowest BCUT2D eigenvalue weighted by molar-refractivity contribution is -0.136. The average Bonchev–Trinajstić information content (AvgIpc) is 3.38. The number of Topliss-reactive ketones (excluding diaryl/α,β-unsaturated/α-hetero) is 1. The minimum atomic E-state index is -0.580. The maximum Gasteiger partial charge on any atom is 0.331 e. The van der Waals surface area contributed by atoms with Gasteiger partial charge in [0.15, 0.2) is 6.61 Å². The average molecular weight is 358 g/mol. The number of amides is 1. The van der Waals surface area contributed by atoms with Crippen LogP contribution in [0, 0.1) is 0 Å². The van der Waals surface area contributed by atoms with Crippen LogP contribution in [-0.2, 0) is 9.53 Å². The fourth-order valence-corrected chi connectivity index (χ4v) is 3.20. The summed E-state index contributed by atoms with van der Waals surface area (Å²) in [5.74, 6) is -1.04. The number of thiophene rings is 1. The second-order valence-electron chi connectivity index (χ2n) is 5.72. The van der Waals surface area contributed by atoms with Crippen molar-refractivity contribution in [3.63, 3.8) is 0 Å². The SMILES string of the molecule is O=C(/C=C/c1ccsc1)OCC(=O)c1c[nH]c(C(=O)N2CCCC2)c1. The zero-order valence-corrected chi connectivity index (χ0v) is 14.4. The fourth-order valence-electron chi connectivity index (χ4n) is 2.57. The zero-order chi connectivity index (χ0) is 17.6. The van der Waals surface area contributed by atoms with Crippen molar-refractivity contribution in [2.45, 2.75) is 12.8 Å². The molecule has 0 bridgehead atoms. The molecule has 1 saturated heterocycles. The summed E-state index contributed by atoms with van der Waals surface area (Å²) in [6.45, 7) is 1.13. The molecule has 7 heteroatoms. The van der Waals surface area contributed by atoms with Crippen molar-refractivity contribution in [2.75, 3.05) is 19.7 Å². The van der Waals surface area contributed by atoms with Crippen LogP contribution in [0.3, 0.4) is 0 Å². The van der Waals surface area contributed by atoms with Crippen LogP contribution in [0.1, 0.15) is 39.3 Å². The molecule has 6 nitrogen and oxygen atoms in total. The molecule has 0 aromatic carbocycles. The van der Waals surface area contributed by atoms with Crippen LogP contribution in [0.25, 0.3) is 6.08 Å². The van der Waals surface area contributed by atoms with Gasteiger partial charge >= 0.3 is 5.97 Å². The molecule has 0 spiro atoms. The monoisotopic (exact) mass is 358 g/mol. The van der Waals surface area contributed by atoms with Crippen molar-refractivity contribution in [3.05, 3.63) is 52.0 Å². The highest BCUT2D eigenvalue weighted by molar-refractivity contribution is 7.08. The Morgan fingerprint density at radius 2 is 2.08 bits per heavy atom. The van der Waals surface area contributed by atoms with Crippen molar-refractivity contribution in [2.24, 2.45) is 0 Å². The topological polar surface area (TPSA) is 79.5 Å². The summed E-state index contributed by atoms with van der Waals surface area (Å²) in [5, 5.41) is 3.80. The van der Waals surface area contributed by atoms with Gasteiger partial charge in [-0.05, 0) is 47.4 Å². The number of ether oxygens (including phenoxy) is 1. The second-order valence-corrected chi connectivity index (χ2v) is 6.50. The normalized spacial score (nSPS) is 14.2. The summed E-state index contributed by atoms with van der Waals surface area (Å²) in [5.41, 5.74) is 1.62. The molecule has 130 valence electrons. The molecular formula is C18H18N2O4S. The van der Waals surface area contributed by atoms with Gasteiger partial charge in [0.2, 0.25) is 5.78 Å². The van der Waals surface area contributed by atoms with Crippen LogP contribution in [-0.4, -0.2) is 47.2 Å². The first-order valence-electron chi connectivity index (χ1n) is 8.01. The van der Waals surface area contributed by atoms with Gasteiger partial charge in [0, 0.05) is 30.9 Å². The van der Waals surface area contributed by atoms with E-state index >= 15 is 0 Å². The summed E-state index contributed by atoms with van der Waals surface area (Å²) in [7, 11) is 0. The molecule has 1 aliphatic heterocycles. The van der Waals surface area contributed by atoms with Crippen LogP contribution in [0.5, 0.6) is 0 Å². The highest BCUT2D eigenvalue weighted by Gasteiger charge is 2.21. The van der Waals surface area contributed by atoms with Crippen LogP contribution in [0.2, 0.25) is 0 Å². The first-order valence-corrected chi connectivity index (χ1v) is 8.96. The maximum absolute atomic E-state index is 12.2. The van der Waals surface area contributed by atoms with Crippen molar-refractivity contribution in [1.82, 2.24) is 9.88 Å². The minimum absolute atomic E-state index is 0.104. The van der Waals surface area contributed by atoms with Gasteiger partial charge in [-0.25, -0.2) is 4.79 Å². The molecule has 3 rings (SSSR count). The van der Waals surface area contributed by atoms with Gasteiger partial charge in [-0.2, -0.15) is 11.3 Å². The highest BCUT2D eigenvalue weighted by Crippen LogP contribution is 2.13. The number of likely N-dealkylation sites (tertiary alicyclic amines) is 1. The number of aromatic amines is 1. The molecule has 1 aliphatic rings. The van der Waals surface area contributed by atoms with Crippen LogP contribution < -0.4 is 0 Å². The van der Waals surface area contributed by atoms with E-state index in [4.69, 9.17) is 4.74 Å². The fraction of sp³-hybridized carbons (Fsp3) is 0.278. The van der Waals surface area contributed by atoms with E-state index in [1.165, 1.54) is 29.7 Å². The molecule has 2 aromatic heterocycles. The van der Waals surface area contributed by atoms with E-state index in [9.17, 15) is 14.4 Å². The molecule has 3 heterocycles. The molecule has 1 fully saturated rings. The lowest BCUT2D eigenvalue weighted by Crippen LogP contribution is -2.27. The second kappa shape index (κ2) is 7.94. The summed E-state index contributed by atoms with van der Waals surface area (Å²) in [6, 6.07) is 3.39. The van der Waals surface area contributed by atoms with Gasteiger partial charge in [0.25, 0.3) is 5.91 Å². The lowest BCUT2D eigenvalue weighted by atomic mass is 10.2. The van der Waals surface area contributed by atoms with Crippen LogP contribution >= 0.6 is 11.3 Å². The number of ketones is 1. The molecule has 0 saturated carbocycles. The Bertz CT molecular complexity index is 786. The molecule has 1 N–H and O–H groups in total.